The Morgan fingerprint density at radius 2 is 2.28 bits per heavy atom. The highest BCUT2D eigenvalue weighted by Crippen LogP contribution is 2.17. The maximum atomic E-state index is 11.9. The molecule has 5 heteroatoms. The number of aryl methyl sites for hydroxylation is 2. The second-order valence-electron chi connectivity index (χ2n) is 4.13. The maximum absolute atomic E-state index is 11.9. The van der Waals surface area contributed by atoms with Crippen LogP contribution in [0.4, 0.5) is 5.69 Å². The van der Waals surface area contributed by atoms with Gasteiger partial charge in [-0.05, 0) is 18.6 Å². The van der Waals surface area contributed by atoms with Gasteiger partial charge >= 0.3 is 5.97 Å². The molecule has 1 aromatic heterocycles. The molecule has 0 bridgehead atoms. The van der Waals surface area contributed by atoms with Crippen LogP contribution in [0.15, 0.2) is 30.6 Å². The summed E-state index contributed by atoms with van der Waals surface area (Å²) in [6, 6.07) is 5.30. The molecule has 94 valence electrons. The molecule has 0 amide bonds. The smallest absolute Gasteiger partial charge is 0.340 e. The van der Waals surface area contributed by atoms with E-state index in [1.54, 1.807) is 29.2 Å². The van der Waals surface area contributed by atoms with E-state index >= 15 is 0 Å². The van der Waals surface area contributed by atoms with Crippen molar-refractivity contribution < 1.29 is 9.53 Å². The average molecular weight is 245 g/mol. The van der Waals surface area contributed by atoms with Crippen LogP contribution in [0.2, 0.25) is 0 Å². The molecular weight excluding hydrogens is 230 g/mol. The third kappa shape index (κ3) is 2.51. The number of nitrogens with zero attached hydrogens (tertiary/aromatic N) is 2. The first-order chi connectivity index (χ1) is 8.58. The van der Waals surface area contributed by atoms with Gasteiger partial charge < -0.3 is 10.5 Å². The summed E-state index contributed by atoms with van der Waals surface area (Å²) in [5.74, 6) is -0.417. The molecule has 1 aromatic carbocycles. The summed E-state index contributed by atoms with van der Waals surface area (Å²) in [4.78, 5) is 11.9. The lowest BCUT2D eigenvalue weighted by Gasteiger charge is -2.07. The molecule has 5 nitrogen and oxygen atoms in total. The molecule has 0 aliphatic rings. The van der Waals surface area contributed by atoms with Crippen molar-refractivity contribution in [3.63, 3.8) is 0 Å². The number of esters is 1. The topological polar surface area (TPSA) is 70.1 Å². The van der Waals surface area contributed by atoms with Gasteiger partial charge in [0.2, 0.25) is 0 Å². The lowest BCUT2D eigenvalue weighted by Crippen LogP contribution is -2.09. The normalized spacial score (nSPS) is 10.3. The first-order valence-corrected chi connectivity index (χ1v) is 5.57. The Kier molecular flexibility index (Phi) is 3.32. The number of ether oxygens (including phenoxy) is 1. The number of hydrogen-bond acceptors (Lipinski definition) is 4. The van der Waals surface area contributed by atoms with E-state index in [9.17, 15) is 4.79 Å². The molecule has 0 aliphatic carbocycles. The van der Waals surface area contributed by atoms with Crippen LogP contribution in [0, 0.1) is 6.92 Å². The van der Waals surface area contributed by atoms with Crippen LogP contribution >= 0.6 is 0 Å². The molecule has 2 aromatic rings. The number of nitrogen functional groups attached to an aromatic ring is 1. The Bertz CT molecular complexity index is 575. The van der Waals surface area contributed by atoms with E-state index in [0.29, 0.717) is 11.3 Å². The first kappa shape index (κ1) is 12.2. The fourth-order valence-corrected chi connectivity index (χ4v) is 1.63. The summed E-state index contributed by atoms with van der Waals surface area (Å²) in [5, 5.41) is 4.00. The average Bonchev–Trinajstić information content (AvgIpc) is 2.76. The molecule has 18 heavy (non-hydrogen) atoms. The second kappa shape index (κ2) is 4.91. The van der Waals surface area contributed by atoms with Crippen molar-refractivity contribution in [3.05, 3.63) is 47.3 Å². The second-order valence-corrected chi connectivity index (χ2v) is 4.13. The fraction of sp³-hybridized carbons (Fsp3) is 0.231. The van der Waals surface area contributed by atoms with Gasteiger partial charge in [-0.25, -0.2) is 4.79 Å². The van der Waals surface area contributed by atoms with Crippen LogP contribution in [0.5, 0.6) is 0 Å². The SMILES string of the molecule is Cc1cccc(C(=O)OCc2cnn(C)c2)c1N. The zero-order valence-corrected chi connectivity index (χ0v) is 10.4. The number of rotatable bonds is 3. The standard InChI is InChI=1S/C13H15N3O2/c1-9-4-3-5-11(12(9)14)13(17)18-8-10-6-15-16(2)7-10/h3-7H,8,14H2,1-2H3. The van der Waals surface area contributed by atoms with Crippen LogP contribution in [-0.4, -0.2) is 15.7 Å². The van der Waals surface area contributed by atoms with Crippen LogP contribution < -0.4 is 5.73 Å². The summed E-state index contributed by atoms with van der Waals surface area (Å²) in [5.41, 5.74) is 8.42. The number of aromatic nitrogens is 2. The number of nitrogens with two attached hydrogens (primary N) is 1. The van der Waals surface area contributed by atoms with Gasteiger partial charge in [0.05, 0.1) is 11.8 Å². The predicted octanol–water partition coefficient (Wildman–Crippen LogP) is 1.67. The highest BCUT2D eigenvalue weighted by molar-refractivity contribution is 5.95. The van der Waals surface area contributed by atoms with Crippen LogP contribution in [0.25, 0.3) is 0 Å². The Labute approximate surface area is 105 Å². The van der Waals surface area contributed by atoms with Crippen molar-refractivity contribution in [2.24, 2.45) is 7.05 Å². The summed E-state index contributed by atoms with van der Waals surface area (Å²) >= 11 is 0. The largest absolute Gasteiger partial charge is 0.457 e. The minimum absolute atomic E-state index is 0.194. The van der Waals surface area contributed by atoms with Crippen molar-refractivity contribution in [3.8, 4) is 0 Å². The maximum Gasteiger partial charge on any atom is 0.340 e. The molecule has 0 spiro atoms. The molecule has 0 aliphatic heterocycles. The zero-order chi connectivity index (χ0) is 13.1. The van der Waals surface area contributed by atoms with Crippen LogP contribution in [-0.2, 0) is 18.4 Å². The van der Waals surface area contributed by atoms with Crippen LogP contribution in [0.1, 0.15) is 21.5 Å². The minimum atomic E-state index is -0.417. The Morgan fingerprint density at radius 1 is 1.50 bits per heavy atom. The Balaban J connectivity index is 2.06. The molecule has 0 fully saturated rings. The Morgan fingerprint density at radius 3 is 2.94 bits per heavy atom. The molecule has 1 heterocycles. The van der Waals surface area contributed by atoms with Gasteiger partial charge in [-0.2, -0.15) is 5.10 Å². The van der Waals surface area contributed by atoms with Gasteiger partial charge in [-0.15, -0.1) is 0 Å². The number of para-hydroxylation sites is 1. The van der Waals surface area contributed by atoms with Crippen molar-refractivity contribution in [1.29, 1.82) is 0 Å². The number of anilines is 1. The number of carbonyl (C=O) groups excluding carboxylic acids is 1. The van der Waals surface area contributed by atoms with Gasteiger partial charge in [0.15, 0.2) is 0 Å². The third-order valence-electron chi connectivity index (χ3n) is 2.67. The van der Waals surface area contributed by atoms with E-state index in [1.807, 2.05) is 20.0 Å². The van der Waals surface area contributed by atoms with Gasteiger partial charge in [-0.1, -0.05) is 12.1 Å². The van der Waals surface area contributed by atoms with Crippen molar-refractivity contribution in [2.45, 2.75) is 13.5 Å². The summed E-state index contributed by atoms with van der Waals surface area (Å²) < 4.78 is 6.85. The molecule has 0 radical (unpaired) electrons. The quantitative estimate of drug-likeness (QED) is 0.659. The molecule has 2 rings (SSSR count). The molecular formula is C13H15N3O2. The molecule has 0 saturated carbocycles. The molecule has 0 unspecified atom stereocenters. The van der Waals surface area contributed by atoms with E-state index in [-0.39, 0.29) is 6.61 Å². The van der Waals surface area contributed by atoms with Gasteiger partial charge in [0.1, 0.15) is 6.61 Å². The highest BCUT2D eigenvalue weighted by atomic mass is 16.5. The van der Waals surface area contributed by atoms with E-state index in [4.69, 9.17) is 10.5 Å². The predicted molar refractivity (Wildman–Crippen MR) is 67.9 cm³/mol. The van der Waals surface area contributed by atoms with Crippen LogP contribution in [0.3, 0.4) is 0 Å². The Hall–Kier alpha value is -2.30. The summed E-state index contributed by atoms with van der Waals surface area (Å²) in [7, 11) is 1.81. The zero-order valence-electron chi connectivity index (χ0n) is 10.4. The number of benzene rings is 1. The van der Waals surface area contributed by atoms with E-state index in [0.717, 1.165) is 11.1 Å². The van der Waals surface area contributed by atoms with Gasteiger partial charge in [-0.3, -0.25) is 4.68 Å². The van der Waals surface area contributed by atoms with E-state index in [1.165, 1.54) is 0 Å². The fourth-order valence-electron chi connectivity index (χ4n) is 1.63. The third-order valence-corrected chi connectivity index (χ3v) is 2.67. The van der Waals surface area contributed by atoms with E-state index in [2.05, 4.69) is 5.10 Å². The minimum Gasteiger partial charge on any atom is -0.457 e. The highest BCUT2D eigenvalue weighted by Gasteiger charge is 2.12. The molecule has 0 atom stereocenters. The van der Waals surface area contributed by atoms with Gasteiger partial charge in [0, 0.05) is 24.5 Å². The number of hydrogen-bond donors (Lipinski definition) is 1. The monoisotopic (exact) mass is 245 g/mol. The van der Waals surface area contributed by atoms with E-state index < -0.39 is 5.97 Å². The van der Waals surface area contributed by atoms with Gasteiger partial charge in [0.25, 0.3) is 0 Å². The lowest BCUT2D eigenvalue weighted by molar-refractivity contribution is 0.0474. The summed E-state index contributed by atoms with van der Waals surface area (Å²) in [6.45, 7) is 2.05. The lowest BCUT2D eigenvalue weighted by atomic mass is 10.1. The van der Waals surface area contributed by atoms with Crippen molar-refractivity contribution >= 4 is 11.7 Å². The summed E-state index contributed by atoms with van der Waals surface area (Å²) in [6.07, 6.45) is 3.46. The first-order valence-electron chi connectivity index (χ1n) is 5.57. The van der Waals surface area contributed by atoms with Crippen molar-refractivity contribution in [2.75, 3.05) is 5.73 Å². The molecule has 2 N–H and O–H groups in total. The van der Waals surface area contributed by atoms with Crippen molar-refractivity contribution in [1.82, 2.24) is 9.78 Å². The number of carbonyl (C=O) groups is 1. The molecule has 0 saturated heterocycles.